The molecule has 0 bridgehead atoms. The summed E-state index contributed by atoms with van der Waals surface area (Å²) in [4.78, 5) is 0. The van der Waals surface area contributed by atoms with Gasteiger partial charge in [-0.05, 0) is 73.0 Å². The lowest BCUT2D eigenvalue weighted by Gasteiger charge is -2.13. The zero-order chi connectivity index (χ0) is 21.7. The fourth-order valence-electron chi connectivity index (χ4n) is 2.73. The molecule has 30 heavy (non-hydrogen) atoms. The molecule has 156 valence electrons. The van der Waals surface area contributed by atoms with Crippen LogP contribution < -0.4 is 14.9 Å². The molecular weight excluding hydrogens is 443 g/mol. The van der Waals surface area contributed by atoms with Gasteiger partial charge in [0.1, 0.15) is 6.61 Å². The average Bonchev–Trinajstić information content (AvgIpc) is 2.74. The molecule has 7 heteroatoms. The van der Waals surface area contributed by atoms with Gasteiger partial charge in [0.05, 0.1) is 29.1 Å². The third kappa shape index (κ3) is 5.39. The molecule has 4 nitrogen and oxygen atoms in total. The maximum Gasteiger partial charge on any atom is 0.161 e. The number of ether oxygens (including phenoxy) is 2. The van der Waals surface area contributed by atoms with Gasteiger partial charge in [0.15, 0.2) is 11.5 Å². The quantitative estimate of drug-likeness (QED) is 0.227. The Balaban J connectivity index is 1.70. The molecule has 3 aromatic carbocycles. The number of hydrogen-bond acceptors (Lipinski definition) is 4. The van der Waals surface area contributed by atoms with E-state index < -0.39 is 0 Å². The van der Waals surface area contributed by atoms with Crippen molar-refractivity contribution in [2.45, 2.75) is 20.5 Å². The zero-order valence-corrected chi connectivity index (χ0v) is 19.1. The molecule has 0 heterocycles. The van der Waals surface area contributed by atoms with Gasteiger partial charge in [-0.3, -0.25) is 5.43 Å². The molecule has 0 aliphatic heterocycles. The predicted octanol–water partition coefficient (Wildman–Crippen LogP) is 7.30. The molecule has 3 rings (SSSR count). The Morgan fingerprint density at radius 2 is 1.67 bits per heavy atom. The molecule has 0 radical (unpaired) electrons. The van der Waals surface area contributed by atoms with E-state index in [9.17, 15) is 0 Å². The first-order valence-electron chi connectivity index (χ1n) is 9.18. The Morgan fingerprint density at radius 1 is 0.900 bits per heavy atom. The van der Waals surface area contributed by atoms with Crippen molar-refractivity contribution in [2.75, 3.05) is 12.5 Å². The smallest absolute Gasteiger partial charge is 0.161 e. The SMILES string of the molecule is COc1cc(C=NNc2ccc(C)c(C)c2)ccc1OCc1c(Cl)ccc(Cl)c1Cl. The number of nitrogens with zero attached hydrogens (tertiary/aromatic N) is 1. The number of benzene rings is 3. The Labute approximate surface area is 191 Å². The summed E-state index contributed by atoms with van der Waals surface area (Å²) in [5.74, 6) is 1.13. The third-order valence-electron chi connectivity index (χ3n) is 4.61. The van der Waals surface area contributed by atoms with Crippen molar-refractivity contribution < 1.29 is 9.47 Å². The van der Waals surface area contributed by atoms with Crippen LogP contribution in [0.2, 0.25) is 15.1 Å². The van der Waals surface area contributed by atoms with Crippen molar-refractivity contribution in [3.8, 4) is 11.5 Å². The van der Waals surface area contributed by atoms with Crippen LogP contribution in [0, 0.1) is 13.8 Å². The molecule has 0 aromatic heterocycles. The molecule has 0 fully saturated rings. The Bertz CT molecular complexity index is 1080. The molecule has 0 amide bonds. The van der Waals surface area contributed by atoms with Gasteiger partial charge >= 0.3 is 0 Å². The molecule has 0 spiro atoms. The van der Waals surface area contributed by atoms with Crippen LogP contribution in [-0.4, -0.2) is 13.3 Å². The standard InChI is InChI=1S/C23H21Cl3N2O2/c1-14-4-6-17(10-15(14)2)28-27-12-16-5-9-21(22(11-16)29-3)30-13-18-19(24)7-8-20(25)23(18)26/h4-12,28H,13H2,1-3H3. The number of aryl methyl sites for hydroxylation is 2. The summed E-state index contributed by atoms with van der Waals surface area (Å²) in [5, 5.41) is 5.59. The van der Waals surface area contributed by atoms with Crippen LogP contribution in [0.4, 0.5) is 5.69 Å². The molecule has 0 unspecified atom stereocenters. The highest BCUT2D eigenvalue weighted by Gasteiger charge is 2.12. The van der Waals surface area contributed by atoms with Gasteiger partial charge in [0.2, 0.25) is 0 Å². The van der Waals surface area contributed by atoms with Crippen molar-refractivity contribution in [3.05, 3.63) is 85.9 Å². The number of nitrogens with one attached hydrogen (secondary N) is 1. The van der Waals surface area contributed by atoms with Crippen molar-refractivity contribution in [1.29, 1.82) is 0 Å². The normalized spacial score (nSPS) is 11.0. The van der Waals surface area contributed by atoms with Crippen LogP contribution in [0.5, 0.6) is 11.5 Å². The van der Waals surface area contributed by atoms with E-state index in [0.717, 1.165) is 11.3 Å². The summed E-state index contributed by atoms with van der Waals surface area (Å²) >= 11 is 18.5. The van der Waals surface area contributed by atoms with E-state index >= 15 is 0 Å². The van der Waals surface area contributed by atoms with Crippen molar-refractivity contribution in [2.24, 2.45) is 5.10 Å². The number of hydrazone groups is 1. The second-order valence-corrected chi connectivity index (χ2v) is 7.88. The van der Waals surface area contributed by atoms with Crippen molar-refractivity contribution in [3.63, 3.8) is 0 Å². The molecule has 0 saturated heterocycles. The van der Waals surface area contributed by atoms with E-state index in [-0.39, 0.29) is 6.61 Å². The number of halogens is 3. The van der Waals surface area contributed by atoms with E-state index in [2.05, 4.69) is 36.5 Å². The number of anilines is 1. The molecular formula is C23H21Cl3N2O2. The fraction of sp³-hybridized carbons (Fsp3) is 0.174. The van der Waals surface area contributed by atoms with Crippen LogP contribution in [0.1, 0.15) is 22.3 Å². The first-order chi connectivity index (χ1) is 14.4. The molecule has 0 saturated carbocycles. The monoisotopic (exact) mass is 462 g/mol. The van der Waals surface area contributed by atoms with Gasteiger partial charge in [-0.2, -0.15) is 5.10 Å². The highest BCUT2D eigenvalue weighted by Crippen LogP contribution is 2.34. The minimum atomic E-state index is 0.163. The minimum Gasteiger partial charge on any atom is -0.493 e. The maximum absolute atomic E-state index is 6.24. The summed E-state index contributed by atoms with van der Waals surface area (Å²) in [5.41, 5.74) is 7.89. The molecule has 0 atom stereocenters. The molecule has 1 N–H and O–H groups in total. The zero-order valence-electron chi connectivity index (χ0n) is 16.8. The minimum absolute atomic E-state index is 0.163. The number of rotatable bonds is 7. The van der Waals surface area contributed by atoms with Gasteiger partial charge in [0, 0.05) is 10.6 Å². The second-order valence-electron chi connectivity index (χ2n) is 6.69. The van der Waals surface area contributed by atoms with E-state index in [4.69, 9.17) is 44.3 Å². The van der Waals surface area contributed by atoms with Crippen LogP contribution >= 0.6 is 34.8 Å². The van der Waals surface area contributed by atoms with Gasteiger partial charge < -0.3 is 9.47 Å². The summed E-state index contributed by atoms with van der Waals surface area (Å²) in [7, 11) is 1.58. The van der Waals surface area contributed by atoms with Gasteiger partial charge in [0.25, 0.3) is 0 Å². The Morgan fingerprint density at radius 3 is 2.40 bits per heavy atom. The van der Waals surface area contributed by atoms with E-state index in [1.54, 1.807) is 25.5 Å². The second kappa shape index (κ2) is 10.1. The van der Waals surface area contributed by atoms with Crippen molar-refractivity contribution in [1.82, 2.24) is 0 Å². The van der Waals surface area contributed by atoms with Gasteiger partial charge in [-0.1, -0.05) is 40.9 Å². The Hall–Kier alpha value is -2.40. The first kappa shape index (κ1) is 22.3. The van der Waals surface area contributed by atoms with Crippen LogP contribution in [0.15, 0.2) is 53.6 Å². The summed E-state index contributed by atoms with van der Waals surface area (Å²) in [6.07, 6.45) is 1.71. The summed E-state index contributed by atoms with van der Waals surface area (Å²) < 4.78 is 11.3. The van der Waals surface area contributed by atoms with Gasteiger partial charge in [-0.15, -0.1) is 0 Å². The van der Waals surface area contributed by atoms with Crippen LogP contribution in [-0.2, 0) is 6.61 Å². The lowest BCUT2D eigenvalue weighted by atomic mass is 10.1. The largest absolute Gasteiger partial charge is 0.493 e. The van der Waals surface area contributed by atoms with Crippen LogP contribution in [0.3, 0.4) is 0 Å². The third-order valence-corrected chi connectivity index (χ3v) is 5.81. The fourth-order valence-corrected chi connectivity index (χ4v) is 3.38. The van der Waals surface area contributed by atoms with Crippen LogP contribution in [0.25, 0.3) is 0 Å². The predicted molar refractivity (Wildman–Crippen MR) is 126 cm³/mol. The van der Waals surface area contributed by atoms with Gasteiger partial charge in [-0.25, -0.2) is 0 Å². The first-order valence-corrected chi connectivity index (χ1v) is 10.3. The highest BCUT2D eigenvalue weighted by atomic mass is 35.5. The lowest BCUT2D eigenvalue weighted by molar-refractivity contribution is 0.284. The van der Waals surface area contributed by atoms with E-state index in [0.29, 0.717) is 32.1 Å². The topological polar surface area (TPSA) is 42.8 Å². The van der Waals surface area contributed by atoms with E-state index in [1.165, 1.54) is 11.1 Å². The van der Waals surface area contributed by atoms with E-state index in [1.807, 2.05) is 24.3 Å². The Kier molecular flexibility index (Phi) is 7.48. The maximum atomic E-state index is 6.24. The average molecular weight is 464 g/mol. The lowest BCUT2D eigenvalue weighted by Crippen LogP contribution is -2.00. The highest BCUT2D eigenvalue weighted by molar-refractivity contribution is 6.44. The number of hydrogen-bond donors (Lipinski definition) is 1. The molecule has 3 aromatic rings. The number of methoxy groups -OCH3 is 1. The summed E-state index contributed by atoms with van der Waals surface area (Å²) in [6.45, 7) is 4.31. The molecule has 0 aliphatic carbocycles. The van der Waals surface area contributed by atoms with Crippen molar-refractivity contribution >= 4 is 46.7 Å². The summed E-state index contributed by atoms with van der Waals surface area (Å²) in [6, 6.07) is 15.0. The molecule has 0 aliphatic rings.